The predicted molar refractivity (Wildman–Crippen MR) is 68.7 cm³/mol. The monoisotopic (exact) mass is 256 g/mol. The van der Waals surface area contributed by atoms with E-state index < -0.39 is 11.5 Å². The summed E-state index contributed by atoms with van der Waals surface area (Å²) >= 11 is 0. The van der Waals surface area contributed by atoms with Crippen molar-refractivity contribution >= 4 is 5.97 Å². The van der Waals surface area contributed by atoms with Gasteiger partial charge < -0.3 is 14.7 Å². The molecule has 0 aromatic heterocycles. The first kappa shape index (κ1) is 13.8. The number of nitrogens with zero attached hydrogens (tertiary/aromatic N) is 1. The fourth-order valence-corrected chi connectivity index (χ4v) is 2.89. The van der Waals surface area contributed by atoms with Crippen LogP contribution in [0.4, 0.5) is 0 Å². The number of rotatable bonds is 4. The number of nitrogens with one attached hydrogen (secondary N) is 1. The summed E-state index contributed by atoms with van der Waals surface area (Å²) in [5.41, 5.74) is -0.766. The molecule has 0 bridgehead atoms. The number of likely N-dealkylation sites (tertiary alicyclic amines) is 1. The van der Waals surface area contributed by atoms with Crippen molar-refractivity contribution in [1.82, 2.24) is 10.2 Å². The van der Waals surface area contributed by atoms with E-state index in [1.807, 2.05) is 0 Å². The molecule has 2 heterocycles. The van der Waals surface area contributed by atoms with Crippen LogP contribution in [0.25, 0.3) is 0 Å². The van der Waals surface area contributed by atoms with Gasteiger partial charge in [0.15, 0.2) is 0 Å². The zero-order chi connectivity index (χ0) is 13.2. The third-order valence-electron chi connectivity index (χ3n) is 4.39. The Morgan fingerprint density at radius 2 is 2.39 bits per heavy atom. The SMILES string of the molecule is CC1CC(NCC2CCCO2)(C(=O)O)CCN1C. The molecule has 3 atom stereocenters. The van der Waals surface area contributed by atoms with E-state index in [0.29, 0.717) is 25.4 Å². The zero-order valence-corrected chi connectivity index (χ0v) is 11.3. The summed E-state index contributed by atoms with van der Waals surface area (Å²) in [6, 6.07) is 0.298. The number of carbonyl (C=O) groups is 1. The van der Waals surface area contributed by atoms with E-state index >= 15 is 0 Å². The third-order valence-corrected chi connectivity index (χ3v) is 4.39. The molecule has 0 radical (unpaired) electrons. The van der Waals surface area contributed by atoms with Gasteiger partial charge in [-0.25, -0.2) is 0 Å². The largest absolute Gasteiger partial charge is 0.480 e. The molecule has 2 aliphatic heterocycles. The molecule has 0 spiro atoms. The Bertz CT molecular complexity index is 305. The highest BCUT2D eigenvalue weighted by atomic mass is 16.5. The minimum absolute atomic E-state index is 0.191. The van der Waals surface area contributed by atoms with Gasteiger partial charge in [-0.15, -0.1) is 0 Å². The van der Waals surface area contributed by atoms with Gasteiger partial charge in [0.2, 0.25) is 0 Å². The lowest BCUT2D eigenvalue weighted by molar-refractivity contribution is -0.148. The Labute approximate surface area is 108 Å². The maximum absolute atomic E-state index is 11.6. The number of piperidine rings is 1. The molecule has 2 N–H and O–H groups in total. The van der Waals surface area contributed by atoms with Gasteiger partial charge in [-0.05, 0) is 39.7 Å². The molecule has 0 amide bonds. The van der Waals surface area contributed by atoms with Crippen LogP contribution in [0, 0.1) is 0 Å². The smallest absolute Gasteiger partial charge is 0.324 e. The Hall–Kier alpha value is -0.650. The molecule has 2 rings (SSSR count). The van der Waals surface area contributed by atoms with Crippen LogP contribution in [0.1, 0.15) is 32.6 Å². The second-order valence-corrected chi connectivity index (χ2v) is 5.69. The molecule has 0 saturated carbocycles. The summed E-state index contributed by atoms with van der Waals surface area (Å²) in [5, 5.41) is 12.8. The normalized spacial score (nSPS) is 37.9. The fourth-order valence-electron chi connectivity index (χ4n) is 2.89. The highest BCUT2D eigenvalue weighted by Gasteiger charge is 2.43. The third kappa shape index (κ3) is 2.84. The molecular weight excluding hydrogens is 232 g/mol. The lowest BCUT2D eigenvalue weighted by Gasteiger charge is -2.42. The Morgan fingerprint density at radius 3 is 2.94 bits per heavy atom. The van der Waals surface area contributed by atoms with Gasteiger partial charge in [0, 0.05) is 25.7 Å². The van der Waals surface area contributed by atoms with Crippen LogP contribution in [0.15, 0.2) is 0 Å². The van der Waals surface area contributed by atoms with Crippen molar-refractivity contribution < 1.29 is 14.6 Å². The Morgan fingerprint density at radius 1 is 1.61 bits per heavy atom. The van der Waals surface area contributed by atoms with Crippen molar-refractivity contribution in [3.05, 3.63) is 0 Å². The highest BCUT2D eigenvalue weighted by Crippen LogP contribution is 2.27. The average molecular weight is 256 g/mol. The number of carboxylic acids is 1. The number of ether oxygens (including phenoxy) is 1. The molecule has 2 fully saturated rings. The van der Waals surface area contributed by atoms with Gasteiger partial charge in [0.25, 0.3) is 0 Å². The van der Waals surface area contributed by atoms with Crippen molar-refractivity contribution in [2.45, 2.75) is 50.3 Å². The van der Waals surface area contributed by atoms with Crippen LogP contribution < -0.4 is 5.32 Å². The summed E-state index contributed by atoms with van der Waals surface area (Å²) in [4.78, 5) is 13.8. The topological polar surface area (TPSA) is 61.8 Å². The van der Waals surface area contributed by atoms with Gasteiger partial charge in [-0.3, -0.25) is 10.1 Å². The van der Waals surface area contributed by atoms with Crippen molar-refractivity contribution in [2.75, 3.05) is 26.7 Å². The summed E-state index contributed by atoms with van der Waals surface area (Å²) < 4.78 is 5.55. The maximum Gasteiger partial charge on any atom is 0.324 e. The summed E-state index contributed by atoms with van der Waals surface area (Å²) in [5.74, 6) is -0.722. The first-order valence-electron chi connectivity index (χ1n) is 6.84. The van der Waals surface area contributed by atoms with Crippen molar-refractivity contribution in [3.8, 4) is 0 Å². The number of aliphatic carboxylic acids is 1. The molecule has 0 aromatic carbocycles. The van der Waals surface area contributed by atoms with E-state index in [1.165, 1.54) is 0 Å². The van der Waals surface area contributed by atoms with Gasteiger partial charge in [0.1, 0.15) is 5.54 Å². The molecular formula is C13H24N2O3. The molecule has 104 valence electrons. The average Bonchev–Trinajstić information content (AvgIpc) is 2.84. The molecule has 2 saturated heterocycles. The van der Waals surface area contributed by atoms with E-state index in [0.717, 1.165) is 26.0 Å². The van der Waals surface area contributed by atoms with Crippen LogP contribution in [0.3, 0.4) is 0 Å². The van der Waals surface area contributed by atoms with Crippen LogP contribution in [0.5, 0.6) is 0 Å². The van der Waals surface area contributed by atoms with E-state index in [-0.39, 0.29) is 6.10 Å². The van der Waals surface area contributed by atoms with Crippen molar-refractivity contribution in [3.63, 3.8) is 0 Å². The fraction of sp³-hybridized carbons (Fsp3) is 0.923. The quantitative estimate of drug-likeness (QED) is 0.775. The zero-order valence-electron chi connectivity index (χ0n) is 11.3. The van der Waals surface area contributed by atoms with Crippen molar-refractivity contribution in [2.24, 2.45) is 0 Å². The number of hydrogen-bond acceptors (Lipinski definition) is 4. The Kier molecular flexibility index (Phi) is 4.25. The number of hydrogen-bond donors (Lipinski definition) is 2. The second kappa shape index (κ2) is 5.55. The lowest BCUT2D eigenvalue weighted by Crippen LogP contribution is -2.61. The summed E-state index contributed by atoms with van der Waals surface area (Å²) in [7, 11) is 2.05. The predicted octanol–water partition coefficient (Wildman–Crippen LogP) is 0.693. The molecule has 5 heteroatoms. The number of carboxylic acid groups (broad SMARTS) is 1. The Balaban J connectivity index is 1.96. The van der Waals surface area contributed by atoms with Gasteiger partial charge in [-0.1, -0.05) is 0 Å². The van der Waals surface area contributed by atoms with E-state index in [9.17, 15) is 9.90 Å². The minimum Gasteiger partial charge on any atom is -0.480 e. The second-order valence-electron chi connectivity index (χ2n) is 5.69. The van der Waals surface area contributed by atoms with E-state index in [2.05, 4.69) is 24.2 Å². The summed E-state index contributed by atoms with van der Waals surface area (Å²) in [6.07, 6.45) is 3.64. The minimum atomic E-state index is -0.766. The van der Waals surface area contributed by atoms with Crippen LogP contribution in [-0.4, -0.2) is 60.4 Å². The molecule has 18 heavy (non-hydrogen) atoms. The van der Waals surface area contributed by atoms with Gasteiger partial charge in [-0.2, -0.15) is 0 Å². The van der Waals surface area contributed by atoms with Crippen molar-refractivity contribution in [1.29, 1.82) is 0 Å². The van der Waals surface area contributed by atoms with Crippen LogP contribution >= 0.6 is 0 Å². The molecule has 0 aromatic rings. The molecule has 5 nitrogen and oxygen atoms in total. The van der Waals surface area contributed by atoms with E-state index in [4.69, 9.17) is 4.74 Å². The standard InChI is InChI=1S/C13H24N2O3/c1-10-8-13(12(16)17,5-6-15(10)2)14-9-11-4-3-7-18-11/h10-11,14H,3-9H2,1-2H3,(H,16,17). The maximum atomic E-state index is 11.6. The highest BCUT2D eigenvalue weighted by molar-refractivity contribution is 5.79. The van der Waals surface area contributed by atoms with E-state index in [1.54, 1.807) is 0 Å². The molecule has 0 aliphatic carbocycles. The first-order valence-corrected chi connectivity index (χ1v) is 6.84. The van der Waals surface area contributed by atoms with Gasteiger partial charge in [0.05, 0.1) is 6.10 Å². The summed E-state index contributed by atoms with van der Waals surface area (Å²) in [6.45, 7) is 4.38. The van der Waals surface area contributed by atoms with Crippen LogP contribution in [0.2, 0.25) is 0 Å². The van der Waals surface area contributed by atoms with Crippen LogP contribution in [-0.2, 0) is 9.53 Å². The van der Waals surface area contributed by atoms with Gasteiger partial charge >= 0.3 is 5.97 Å². The molecule has 2 aliphatic rings. The molecule has 3 unspecified atom stereocenters. The first-order chi connectivity index (χ1) is 8.53. The lowest BCUT2D eigenvalue weighted by atomic mass is 9.83.